The third-order valence-electron chi connectivity index (χ3n) is 2.85. The zero-order valence-electron chi connectivity index (χ0n) is 9.22. The summed E-state index contributed by atoms with van der Waals surface area (Å²) in [7, 11) is 0. The molecule has 1 N–H and O–H groups in total. The quantitative estimate of drug-likeness (QED) is 0.874. The summed E-state index contributed by atoms with van der Waals surface area (Å²) in [5.74, 6) is 0.591. The maximum absolute atomic E-state index is 11.9. The number of aromatic nitrogens is 3. The van der Waals surface area contributed by atoms with Crippen molar-refractivity contribution in [1.29, 1.82) is 0 Å². The first-order valence-corrected chi connectivity index (χ1v) is 6.48. The first kappa shape index (κ1) is 10.5. The summed E-state index contributed by atoms with van der Waals surface area (Å²) in [5.41, 5.74) is 0.243. The summed E-state index contributed by atoms with van der Waals surface area (Å²) in [6, 6.07) is 3.77. The molecule has 0 saturated carbocycles. The van der Waals surface area contributed by atoms with Crippen LogP contribution in [0.15, 0.2) is 22.3 Å². The lowest BCUT2D eigenvalue weighted by molar-refractivity contribution is 0.843. The zero-order chi connectivity index (χ0) is 11.7. The Kier molecular flexibility index (Phi) is 2.64. The topological polar surface area (TPSA) is 61.9 Å². The summed E-state index contributed by atoms with van der Waals surface area (Å²) < 4.78 is 0. The molecule has 3 heterocycles. The Morgan fingerprint density at radius 1 is 1.29 bits per heavy atom. The largest absolute Gasteiger partial charge is 0.341 e. The van der Waals surface area contributed by atoms with Gasteiger partial charge < -0.3 is 4.90 Å². The molecule has 0 radical (unpaired) electrons. The summed E-state index contributed by atoms with van der Waals surface area (Å²) in [6.45, 7) is 1.89. The van der Waals surface area contributed by atoms with E-state index in [0.717, 1.165) is 30.8 Å². The van der Waals surface area contributed by atoms with Crippen LogP contribution in [-0.2, 0) is 0 Å². The molecule has 0 aliphatic carbocycles. The van der Waals surface area contributed by atoms with Crippen LogP contribution in [0, 0.1) is 0 Å². The SMILES string of the molecule is O=c1[nH]c(N2CCCC2)nnc1-c1cccs1. The molecule has 1 fully saturated rings. The van der Waals surface area contributed by atoms with Crippen molar-refractivity contribution in [3.05, 3.63) is 27.9 Å². The van der Waals surface area contributed by atoms with Gasteiger partial charge in [-0.1, -0.05) is 6.07 Å². The molecule has 0 aromatic carbocycles. The maximum Gasteiger partial charge on any atom is 0.280 e. The average Bonchev–Trinajstić information content (AvgIpc) is 3.02. The van der Waals surface area contributed by atoms with E-state index in [-0.39, 0.29) is 5.56 Å². The van der Waals surface area contributed by atoms with Crippen molar-refractivity contribution in [2.45, 2.75) is 12.8 Å². The first-order valence-electron chi connectivity index (χ1n) is 5.60. The number of nitrogens with zero attached hydrogens (tertiary/aromatic N) is 3. The van der Waals surface area contributed by atoms with Crippen molar-refractivity contribution < 1.29 is 0 Å². The van der Waals surface area contributed by atoms with E-state index in [0.29, 0.717) is 11.6 Å². The number of hydrogen-bond donors (Lipinski definition) is 1. The minimum atomic E-state index is -0.163. The van der Waals surface area contributed by atoms with Crippen LogP contribution in [-0.4, -0.2) is 28.3 Å². The maximum atomic E-state index is 11.9. The summed E-state index contributed by atoms with van der Waals surface area (Å²) in [5, 5.41) is 10.1. The van der Waals surface area contributed by atoms with E-state index in [1.807, 2.05) is 17.5 Å². The number of rotatable bonds is 2. The normalized spacial score (nSPS) is 15.4. The van der Waals surface area contributed by atoms with Gasteiger partial charge in [-0.05, 0) is 24.3 Å². The Bertz CT molecular complexity index is 557. The third-order valence-corrected chi connectivity index (χ3v) is 3.72. The number of anilines is 1. The van der Waals surface area contributed by atoms with E-state index in [2.05, 4.69) is 20.1 Å². The van der Waals surface area contributed by atoms with Crippen LogP contribution < -0.4 is 10.5 Å². The molecule has 17 heavy (non-hydrogen) atoms. The summed E-state index contributed by atoms with van der Waals surface area (Å²) in [6.07, 6.45) is 2.30. The highest BCUT2D eigenvalue weighted by Gasteiger charge is 2.16. The predicted octanol–water partition coefficient (Wildman–Crippen LogP) is 1.49. The van der Waals surface area contributed by atoms with Gasteiger partial charge in [0.1, 0.15) is 0 Å². The second-order valence-electron chi connectivity index (χ2n) is 4.00. The van der Waals surface area contributed by atoms with Gasteiger partial charge >= 0.3 is 0 Å². The fraction of sp³-hybridized carbons (Fsp3) is 0.364. The van der Waals surface area contributed by atoms with Crippen molar-refractivity contribution in [1.82, 2.24) is 15.2 Å². The van der Waals surface area contributed by atoms with Crippen molar-refractivity contribution >= 4 is 17.3 Å². The minimum Gasteiger partial charge on any atom is -0.341 e. The molecular formula is C11H12N4OS. The molecule has 0 spiro atoms. The smallest absolute Gasteiger partial charge is 0.280 e. The van der Waals surface area contributed by atoms with Crippen LogP contribution >= 0.6 is 11.3 Å². The van der Waals surface area contributed by atoms with Crippen LogP contribution in [0.25, 0.3) is 10.6 Å². The number of nitrogens with one attached hydrogen (secondary N) is 1. The predicted molar refractivity (Wildman–Crippen MR) is 67.4 cm³/mol. The fourth-order valence-corrected chi connectivity index (χ4v) is 2.68. The van der Waals surface area contributed by atoms with Gasteiger partial charge in [0.25, 0.3) is 5.56 Å². The lowest BCUT2D eigenvalue weighted by Gasteiger charge is -2.14. The molecule has 88 valence electrons. The minimum absolute atomic E-state index is 0.163. The molecule has 1 aliphatic heterocycles. The highest BCUT2D eigenvalue weighted by molar-refractivity contribution is 7.13. The summed E-state index contributed by atoms with van der Waals surface area (Å²) in [4.78, 5) is 17.6. The van der Waals surface area contributed by atoms with Crippen LogP contribution in [0.3, 0.4) is 0 Å². The monoisotopic (exact) mass is 248 g/mol. The van der Waals surface area contributed by atoms with Crippen LogP contribution in [0.2, 0.25) is 0 Å². The Morgan fingerprint density at radius 2 is 2.12 bits per heavy atom. The number of thiophene rings is 1. The Balaban J connectivity index is 1.97. The van der Waals surface area contributed by atoms with Gasteiger partial charge in [0.15, 0.2) is 5.69 Å². The standard InChI is InChI=1S/C11H12N4OS/c16-10-9(8-4-3-7-17-8)13-14-11(12-10)15-5-1-2-6-15/h3-4,7H,1-2,5-6H2,(H,12,14,16). The van der Waals surface area contributed by atoms with Crippen molar-refractivity contribution in [2.24, 2.45) is 0 Å². The van der Waals surface area contributed by atoms with Crippen molar-refractivity contribution in [2.75, 3.05) is 18.0 Å². The van der Waals surface area contributed by atoms with E-state index in [9.17, 15) is 4.79 Å². The first-order chi connectivity index (χ1) is 8.34. The lowest BCUT2D eigenvalue weighted by Crippen LogP contribution is -2.25. The number of aromatic amines is 1. The van der Waals surface area contributed by atoms with Gasteiger partial charge in [0.05, 0.1) is 4.88 Å². The highest BCUT2D eigenvalue weighted by Crippen LogP contribution is 2.19. The molecule has 0 unspecified atom stereocenters. The van der Waals surface area contributed by atoms with Crippen LogP contribution in [0.5, 0.6) is 0 Å². The van der Waals surface area contributed by atoms with Gasteiger partial charge in [-0.2, -0.15) is 0 Å². The Labute approximate surface area is 102 Å². The second kappa shape index (κ2) is 4.29. The average molecular weight is 248 g/mol. The molecule has 1 saturated heterocycles. The number of hydrogen-bond acceptors (Lipinski definition) is 5. The highest BCUT2D eigenvalue weighted by atomic mass is 32.1. The van der Waals surface area contributed by atoms with Crippen molar-refractivity contribution in [3.8, 4) is 10.6 Å². The molecule has 3 rings (SSSR count). The van der Waals surface area contributed by atoms with Gasteiger partial charge in [-0.3, -0.25) is 9.78 Å². The van der Waals surface area contributed by atoms with E-state index in [1.54, 1.807) is 0 Å². The Hall–Kier alpha value is -1.69. The molecule has 0 amide bonds. The van der Waals surface area contributed by atoms with E-state index in [1.165, 1.54) is 11.3 Å². The van der Waals surface area contributed by atoms with E-state index < -0.39 is 0 Å². The third kappa shape index (κ3) is 1.95. The zero-order valence-corrected chi connectivity index (χ0v) is 10.0. The molecule has 5 nitrogen and oxygen atoms in total. The van der Waals surface area contributed by atoms with E-state index in [4.69, 9.17) is 0 Å². The molecule has 2 aromatic rings. The van der Waals surface area contributed by atoms with Crippen LogP contribution in [0.1, 0.15) is 12.8 Å². The molecule has 0 bridgehead atoms. The van der Waals surface area contributed by atoms with Gasteiger partial charge in [-0.15, -0.1) is 21.5 Å². The van der Waals surface area contributed by atoms with Gasteiger partial charge in [0, 0.05) is 13.1 Å². The van der Waals surface area contributed by atoms with E-state index >= 15 is 0 Å². The molecule has 1 aliphatic rings. The van der Waals surface area contributed by atoms with Crippen LogP contribution in [0.4, 0.5) is 5.95 Å². The Morgan fingerprint density at radius 3 is 2.76 bits per heavy atom. The summed E-state index contributed by atoms with van der Waals surface area (Å²) >= 11 is 1.49. The molecule has 6 heteroatoms. The van der Waals surface area contributed by atoms with Gasteiger partial charge in [0.2, 0.25) is 5.95 Å². The van der Waals surface area contributed by atoms with Crippen molar-refractivity contribution in [3.63, 3.8) is 0 Å². The van der Waals surface area contributed by atoms with Gasteiger partial charge in [-0.25, -0.2) is 0 Å². The fourth-order valence-electron chi connectivity index (χ4n) is 1.97. The number of H-pyrrole nitrogens is 1. The molecule has 0 atom stereocenters. The lowest BCUT2D eigenvalue weighted by atomic mass is 10.4. The molecule has 2 aromatic heterocycles. The molecular weight excluding hydrogens is 236 g/mol. The second-order valence-corrected chi connectivity index (χ2v) is 4.95.